The van der Waals surface area contributed by atoms with E-state index in [-0.39, 0.29) is 12.1 Å². The first-order valence-electron chi connectivity index (χ1n) is 7.33. The summed E-state index contributed by atoms with van der Waals surface area (Å²) < 4.78 is 6.15. The molecular weight excluding hydrogens is 282 g/mol. The lowest BCUT2D eigenvalue weighted by Gasteiger charge is -2.35. The van der Waals surface area contributed by atoms with Gasteiger partial charge in [-0.2, -0.15) is 0 Å². The standard InChI is InChI=1S/C18H20ClNO/c1-11-10-17(18(20)15-6-4-3-5-14(11)15)21-13-7-8-16(19)12(2)9-13/h3-9,11,17-18H,10,20H2,1-2H3. The molecule has 3 heteroatoms. The highest BCUT2D eigenvalue weighted by atomic mass is 35.5. The largest absolute Gasteiger partial charge is 0.488 e. The predicted octanol–water partition coefficient (Wildman–Crippen LogP) is 4.60. The summed E-state index contributed by atoms with van der Waals surface area (Å²) in [6.07, 6.45) is 0.926. The zero-order chi connectivity index (χ0) is 15.0. The molecule has 0 heterocycles. The van der Waals surface area contributed by atoms with Crippen molar-refractivity contribution in [1.29, 1.82) is 0 Å². The second-order valence-electron chi connectivity index (χ2n) is 5.86. The number of halogens is 1. The summed E-state index contributed by atoms with van der Waals surface area (Å²) >= 11 is 6.06. The van der Waals surface area contributed by atoms with Crippen molar-refractivity contribution < 1.29 is 4.74 Å². The summed E-state index contributed by atoms with van der Waals surface area (Å²) in [5.41, 5.74) is 9.98. The molecule has 0 saturated heterocycles. The molecule has 0 aliphatic heterocycles. The van der Waals surface area contributed by atoms with Crippen molar-refractivity contribution in [2.24, 2.45) is 5.73 Å². The highest BCUT2D eigenvalue weighted by Gasteiger charge is 2.32. The van der Waals surface area contributed by atoms with Crippen LogP contribution in [0.5, 0.6) is 5.75 Å². The van der Waals surface area contributed by atoms with Crippen LogP contribution in [0.4, 0.5) is 0 Å². The van der Waals surface area contributed by atoms with Gasteiger partial charge in [0.15, 0.2) is 0 Å². The summed E-state index contributed by atoms with van der Waals surface area (Å²) in [6, 6.07) is 14.1. The Morgan fingerprint density at radius 1 is 1.14 bits per heavy atom. The first-order valence-corrected chi connectivity index (χ1v) is 7.71. The summed E-state index contributed by atoms with van der Waals surface area (Å²) in [5, 5.41) is 0.758. The zero-order valence-electron chi connectivity index (χ0n) is 12.3. The molecule has 3 atom stereocenters. The summed E-state index contributed by atoms with van der Waals surface area (Å²) in [7, 11) is 0. The van der Waals surface area contributed by atoms with E-state index < -0.39 is 0 Å². The SMILES string of the molecule is Cc1cc(OC2CC(C)c3ccccc3C2N)ccc1Cl. The number of rotatable bonds is 2. The number of hydrogen-bond acceptors (Lipinski definition) is 2. The van der Waals surface area contributed by atoms with E-state index in [2.05, 4.69) is 25.1 Å². The zero-order valence-corrected chi connectivity index (χ0v) is 13.1. The van der Waals surface area contributed by atoms with E-state index in [9.17, 15) is 0 Å². The maximum atomic E-state index is 6.42. The molecule has 2 aromatic rings. The molecule has 3 unspecified atom stereocenters. The fourth-order valence-corrected chi connectivity index (χ4v) is 3.19. The van der Waals surface area contributed by atoms with Gasteiger partial charge in [-0.3, -0.25) is 0 Å². The molecule has 0 spiro atoms. The van der Waals surface area contributed by atoms with Crippen molar-refractivity contribution in [1.82, 2.24) is 0 Å². The van der Waals surface area contributed by atoms with Gasteiger partial charge in [-0.05, 0) is 54.2 Å². The third-order valence-electron chi connectivity index (χ3n) is 4.29. The van der Waals surface area contributed by atoms with Crippen molar-refractivity contribution >= 4 is 11.6 Å². The molecule has 2 aromatic carbocycles. The summed E-state index contributed by atoms with van der Waals surface area (Å²) in [6.45, 7) is 4.21. The van der Waals surface area contributed by atoms with E-state index in [1.807, 2.05) is 31.2 Å². The van der Waals surface area contributed by atoms with Crippen molar-refractivity contribution in [3.63, 3.8) is 0 Å². The average molecular weight is 302 g/mol. The van der Waals surface area contributed by atoms with Gasteiger partial charge in [-0.25, -0.2) is 0 Å². The van der Waals surface area contributed by atoms with E-state index in [1.165, 1.54) is 11.1 Å². The van der Waals surface area contributed by atoms with Crippen LogP contribution in [0.3, 0.4) is 0 Å². The number of benzene rings is 2. The van der Waals surface area contributed by atoms with Crippen LogP contribution >= 0.6 is 11.6 Å². The smallest absolute Gasteiger partial charge is 0.120 e. The van der Waals surface area contributed by atoms with E-state index in [1.54, 1.807) is 0 Å². The number of nitrogens with two attached hydrogens (primary N) is 1. The van der Waals surface area contributed by atoms with Crippen LogP contribution in [-0.2, 0) is 0 Å². The summed E-state index contributed by atoms with van der Waals surface area (Å²) in [5.74, 6) is 1.29. The fourth-order valence-electron chi connectivity index (χ4n) is 3.07. The molecule has 110 valence electrons. The van der Waals surface area contributed by atoms with Crippen LogP contribution in [0.2, 0.25) is 5.02 Å². The Balaban J connectivity index is 1.85. The minimum atomic E-state index is -0.0895. The van der Waals surface area contributed by atoms with Crippen LogP contribution in [0.15, 0.2) is 42.5 Å². The van der Waals surface area contributed by atoms with Gasteiger partial charge >= 0.3 is 0 Å². The molecule has 0 bridgehead atoms. The molecule has 2 N–H and O–H groups in total. The molecule has 0 radical (unpaired) electrons. The number of ether oxygens (including phenoxy) is 1. The van der Waals surface area contributed by atoms with Crippen LogP contribution in [0.1, 0.15) is 42.0 Å². The van der Waals surface area contributed by atoms with Crippen molar-refractivity contribution in [2.45, 2.75) is 38.3 Å². The Labute approximate surface area is 130 Å². The molecule has 21 heavy (non-hydrogen) atoms. The van der Waals surface area contributed by atoms with Gasteiger partial charge in [0.25, 0.3) is 0 Å². The highest BCUT2D eigenvalue weighted by Crippen LogP contribution is 2.38. The molecule has 0 aromatic heterocycles. The number of hydrogen-bond donors (Lipinski definition) is 1. The highest BCUT2D eigenvalue weighted by molar-refractivity contribution is 6.31. The monoisotopic (exact) mass is 301 g/mol. The topological polar surface area (TPSA) is 35.2 Å². The van der Waals surface area contributed by atoms with Crippen LogP contribution in [-0.4, -0.2) is 6.10 Å². The maximum Gasteiger partial charge on any atom is 0.120 e. The number of fused-ring (bicyclic) bond motifs is 1. The van der Waals surface area contributed by atoms with Crippen molar-refractivity contribution in [2.75, 3.05) is 0 Å². The normalized spacial score (nSPS) is 24.5. The fraction of sp³-hybridized carbons (Fsp3) is 0.333. The molecule has 0 amide bonds. The third-order valence-corrected chi connectivity index (χ3v) is 4.71. The second kappa shape index (κ2) is 5.70. The minimum Gasteiger partial charge on any atom is -0.488 e. The van der Waals surface area contributed by atoms with Crippen LogP contribution in [0.25, 0.3) is 0 Å². The third kappa shape index (κ3) is 2.78. The second-order valence-corrected chi connectivity index (χ2v) is 6.27. The Morgan fingerprint density at radius 3 is 2.57 bits per heavy atom. The van der Waals surface area contributed by atoms with Gasteiger partial charge in [-0.15, -0.1) is 0 Å². The molecule has 3 rings (SSSR count). The van der Waals surface area contributed by atoms with Crippen LogP contribution < -0.4 is 10.5 Å². The first-order chi connectivity index (χ1) is 10.1. The van der Waals surface area contributed by atoms with Crippen LogP contribution in [0, 0.1) is 6.92 Å². The van der Waals surface area contributed by atoms with Gasteiger partial charge in [0.1, 0.15) is 11.9 Å². The van der Waals surface area contributed by atoms with Crippen molar-refractivity contribution in [3.05, 3.63) is 64.2 Å². The molecule has 1 aliphatic carbocycles. The molecular formula is C18H20ClNO. The molecule has 0 saturated carbocycles. The Morgan fingerprint density at radius 2 is 1.86 bits per heavy atom. The van der Waals surface area contributed by atoms with Crippen molar-refractivity contribution in [3.8, 4) is 5.75 Å². The predicted molar refractivity (Wildman–Crippen MR) is 87.0 cm³/mol. The van der Waals surface area contributed by atoms with E-state index >= 15 is 0 Å². The Hall–Kier alpha value is -1.51. The quantitative estimate of drug-likeness (QED) is 0.879. The van der Waals surface area contributed by atoms with Gasteiger partial charge in [0.05, 0.1) is 6.04 Å². The van der Waals surface area contributed by atoms with Gasteiger partial charge in [0, 0.05) is 5.02 Å². The lowest BCUT2D eigenvalue weighted by atomic mass is 9.79. The maximum absolute atomic E-state index is 6.42. The minimum absolute atomic E-state index is 0.00419. The van der Waals surface area contributed by atoms with Gasteiger partial charge < -0.3 is 10.5 Å². The molecule has 1 aliphatic rings. The van der Waals surface area contributed by atoms with E-state index in [0.29, 0.717) is 5.92 Å². The average Bonchev–Trinajstić information content (AvgIpc) is 2.48. The molecule has 2 nitrogen and oxygen atoms in total. The Bertz CT molecular complexity index is 655. The molecule has 0 fully saturated rings. The van der Waals surface area contributed by atoms with E-state index in [4.69, 9.17) is 22.1 Å². The summed E-state index contributed by atoms with van der Waals surface area (Å²) in [4.78, 5) is 0. The lowest BCUT2D eigenvalue weighted by molar-refractivity contribution is 0.144. The van der Waals surface area contributed by atoms with E-state index in [0.717, 1.165) is 22.8 Å². The van der Waals surface area contributed by atoms with Gasteiger partial charge in [0.2, 0.25) is 0 Å². The first kappa shape index (κ1) is 14.4. The number of aryl methyl sites for hydroxylation is 1. The van der Waals surface area contributed by atoms with Gasteiger partial charge in [-0.1, -0.05) is 42.8 Å². The Kier molecular flexibility index (Phi) is 3.92. The lowest BCUT2D eigenvalue weighted by Crippen LogP contribution is -2.37.